The second kappa shape index (κ2) is 13.4. The first-order valence-corrected chi connectivity index (χ1v) is 5.35. The Morgan fingerprint density at radius 1 is 0.706 bits per heavy atom. The van der Waals surface area contributed by atoms with Gasteiger partial charge < -0.3 is 0 Å². The summed E-state index contributed by atoms with van der Waals surface area (Å²) < 4.78 is 0. The van der Waals surface area contributed by atoms with Gasteiger partial charge in [-0.15, -0.1) is 0 Å². The Kier molecular flexibility index (Phi) is 17.1. The largest absolute Gasteiger partial charge is 2.00 e. The quantitative estimate of drug-likeness (QED) is 0.612. The second-order valence-corrected chi connectivity index (χ2v) is 3.54. The Bertz CT molecular complexity index is 244. The summed E-state index contributed by atoms with van der Waals surface area (Å²) in [5, 5.41) is 0. The Morgan fingerprint density at radius 2 is 0.941 bits per heavy atom. The van der Waals surface area contributed by atoms with Crippen LogP contribution in [0.15, 0.2) is 0 Å². The minimum Gasteiger partial charge on any atom is -0.300 e. The van der Waals surface area contributed by atoms with E-state index in [-0.39, 0.29) is 57.0 Å². The van der Waals surface area contributed by atoms with Crippen molar-refractivity contribution >= 4 is 23.1 Å². The smallest absolute Gasteiger partial charge is 0.300 e. The normalized spacial score (nSPS) is 8.24. The van der Waals surface area contributed by atoms with Crippen molar-refractivity contribution in [3.05, 3.63) is 0 Å². The molecule has 0 N–H and O–H groups in total. The Morgan fingerprint density at radius 3 is 1.00 bits per heavy atom. The fraction of sp³-hybridized carbons (Fsp3) is 0.667. The van der Waals surface area contributed by atoms with Crippen molar-refractivity contribution in [2.75, 3.05) is 0 Å². The third kappa shape index (κ3) is 21.3. The van der Waals surface area contributed by atoms with E-state index in [9.17, 15) is 19.2 Å². The first-order chi connectivity index (χ1) is 7.33. The number of hydrogen-bond donors (Lipinski definition) is 0. The van der Waals surface area contributed by atoms with Gasteiger partial charge in [0.05, 0.1) is 12.8 Å². The summed E-state index contributed by atoms with van der Waals surface area (Å²) in [4.78, 5) is 41.2. The molecular weight excluding hydrogens is 403 g/mol. The van der Waals surface area contributed by atoms with E-state index in [4.69, 9.17) is 0 Å². The fourth-order valence-corrected chi connectivity index (χ4v) is 0.805. The predicted molar refractivity (Wildman–Crippen MR) is 61.2 cm³/mol. The van der Waals surface area contributed by atoms with E-state index in [0.29, 0.717) is 12.8 Å². The van der Waals surface area contributed by atoms with Crippen molar-refractivity contribution < 1.29 is 40.2 Å². The van der Waals surface area contributed by atoms with Crippen molar-refractivity contribution in [1.29, 1.82) is 0 Å². The summed E-state index contributed by atoms with van der Waals surface area (Å²) in [6.07, 6.45) is 1.16. The van der Waals surface area contributed by atoms with Crippen molar-refractivity contribution in [1.82, 2.24) is 0 Å². The van der Waals surface area contributed by atoms with Gasteiger partial charge >= 0.3 is 21.1 Å². The van der Waals surface area contributed by atoms with Gasteiger partial charge in [0.1, 0.15) is 23.1 Å². The molecule has 4 nitrogen and oxygen atoms in total. The summed E-state index contributed by atoms with van der Waals surface area (Å²) in [5.41, 5.74) is 0. The van der Waals surface area contributed by atoms with E-state index in [1.165, 1.54) is 13.8 Å². The van der Waals surface area contributed by atoms with Crippen molar-refractivity contribution in [3.8, 4) is 0 Å². The van der Waals surface area contributed by atoms with Gasteiger partial charge in [0, 0.05) is 12.8 Å². The number of hydrogen-bond acceptors (Lipinski definition) is 4. The average molecular weight is 423 g/mol. The van der Waals surface area contributed by atoms with E-state index < -0.39 is 0 Å². The zero-order valence-corrected chi connectivity index (χ0v) is 13.0. The van der Waals surface area contributed by atoms with Crippen LogP contribution in [0.25, 0.3) is 0 Å². The molecule has 0 fully saturated rings. The minimum absolute atomic E-state index is 0. The van der Waals surface area contributed by atoms with E-state index in [2.05, 4.69) is 0 Å². The summed E-state index contributed by atoms with van der Waals surface area (Å²) in [6, 6.07) is 0. The van der Waals surface area contributed by atoms with Crippen molar-refractivity contribution in [2.45, 2.75) is 53.4 Å². The van der Waals surface area contributed by atoms with Gasteiger partial charge in [0.25, 0.3) is 0 Å². The number of ketones is 4. The summed E-state index contributed by atoms with van der Waals surface area (Å²) in [6.45, 7) is 6.36. The molecule has 5 heteroatoms. The molecule has 0 rings (SSSR count). The number of rotatable bonds is 6. The average Bonchev–Trinajstić information content (AvgIpc) is 2.16. The van der Waals surface area contributed by atoms with Gasteiger partial charge in [0.15, 0.2) is 0 Å². The molecule has 0 spiro atoms. The first-order valence-electron chi connectivity index (χ1n) is 5.35. The standard InChI is InChI=1S/2C6H10O2.Pt/c2*1-3-6(8)4-5(2)7;/h2*3-4H2,1-2H3;/q;;+2. The van der Waals surface area contributed by atoms with Gasteiger partial charge in [-0.25, -0.2) is 0 Å². The van der Waals surface area contributed by atoms with Gasteiger partial charge in [-0.05, 0) is 13.8 Å². The van der Waals surface area contributed by atoms with E-state index in [1.54, 1.807) is 13.8 Å². The number of Topliss-reactive ketones (excluding diaryl/α,β-unsaturated/α-hetero) is 4. The van der Waals surface area contributed by atoms with Gasteiger partial charge in [-0.3, -0.25) is 19.2 Å². The zero-order chi connectivity index (χ0) is 13.1. The maximum atomic E-state index is 10.4. The van der Waals surface area contributed by atoms with Gasteiger partial charge in [-0.1, -0.05) is 13.8 Å². The summed E-state index contributed by atoms with van der Waals surface area (Å²) in [5.74, 6) is -0.0382. The van der Waals surface area contributed by atoms with Crippen LogP contribution in [0.5, 0.6) is 0 Å². The van der Waals surface area contributed by atoms with E-state index in [0.717, 1.165) is 0 Å². The maximum absolute atomic E-state index is 10.4. The number of carbonyl (C=O) groups is 4. The molecule has 0 aliphatic carbocycles. The molecule has 0 radical (unpaired) electrons. The third-order valence-corrected chi connectivity index (χ3v) is 1.68. The van der Waals surface area contributed by atoms with Crippen LogP contribution in [0, 0.1) is 0 Å². The third-order valence-electron chi connectivity index (χ3n) is 1.68. The molecule has 0 aliphatic heterocycles. The van der Waals surface area contributed by atoms with E-state index in [1.807, 2.05) is 0 Å². The van der Waals surface area contributed by atoms with Crippen LogP contribution in [0.1, 0.15) is 53.4 Å². The van der Waals surface area contributed by atoms with Crippen LogP contribution < -0.4 is 0 Å². The second-order valence-electron chi connectivity index (χ2n) is 3.54. The van der Waals surface area contributed by atoms with Crippen molar-refractivity contribution in [2.24, 2.45) is 0 Å². The molecule has 0 heterocycles. The zero-order valence-electron chi connectivity index (χ0n) is 10.8. The van der Waals surface area contributed by atoms with Crippen LogP contribution in [0.3, 0.4) is 0 Å². The van der Waals surface area contributed by atoms with Gasteiger partial charge in [-0.2, -0.15) is 0 Å². The molecule has 0 aromatic rings. The summed E-state index contributed by atoms with van der Waals surface area (Å²) >= 11 is 0. The van der Waals surface area contributed by atoms with Crippen LogP contribution in [-0.4, -0.2) is 23.1 Å². The predicted octanol–water partition coefficient (Wildman–Crippen LogP) is 1.89. The molecule has 0 aliphatic rings. The first kappa shape index (κ1) is 21.6. The molecular formula is C12H20O4Pt+2. The van der Waals surface area contributed by atoms with Crippen LogP contribution in [-0.2, 0) is 40.2 Å². The Balaban J connectivity index is -0.000000218. The van der Waals surface area contributed by atoms with E-state index >= 15 is 0 Å². The van der Waals surface area contributed by atoms with Crippen LogP contribution in [0.2, 0.25) is 0 Å². The molecule has 0 saturated heterocycles. The molecule has 0 aromatic heterocycles. The molecule has 0 atom stereocenters. The van der Waals surface area contributed by atoms with Crippen LogP contribution in [0.4, 0.5) is 0 Å². The molecule has 100 valence electrons. The van der Waals surface area contributed by atoms with Crippen molar-refractivity contribution in [3.63, 3.8) is 0 Å². The molecule has 17 heavy (non-hydrogen) atoms. The molecule has 0 bridgehead atoms. The molecule has 0 saturated carbocycles. The Labute approximate surface area is 117 Å². The molecule has 0 unspecified atom stereocenters. The van der Waals surface area contributed by atoms with Crippen LogP contribution >= 0.6 is 0 Å². The Hall–Kier alpha value is -0.632. The topological polar surface area (TPSA) is 68.3 Å². The fourth-order valence-electron chi connectivity index (χ4n) is 0.805. The molecule has 0 aromatic carbocycles. The monoisotopic (exact) mass is 423 g/mol. The molecule has 0 amide bonds. The summed E-state index contributed by atoms with van der Waals surface area (Å²) in [7, 11) is 0. The SMILES string of the molecule is CCC(=O)CC(C)=O.CCC(=O)CC(C)=O.[Pt+2]. The van der Waals surface area contributed by atoms with Gasteiger partial charge in [0.2, 0.25) is 0 Å². The minimum atomic E-state index is -0.0446. The number of carbonyl (C=O) groups excluding carboxylic acids is 4. The maximum Gasteiger partial charge on any atom is 2.00 e.